The van der Waals surface area contributed by atoms with E-state index in [4.69, 9.17) is 9.84 Å². The van der Waals surface area contributed by atoms with Crippen molar-refractivity contribution in [2.75, 3.05) is 19.7 Å². The average Bonchev–Trinajstić information content (AvgIpc) is 3.41. The SMILES string of the molecule is CCOC(=O)C1C(=O)NC[C@H]1c1cc(F)cc(F)c1F.O=C(O)C1C(=O)NC[C@H]1c1cc(F)cc(F)c1F.[Na+].[OH-]. The van der Waals surface area contributed by atoms with Crippen LogP contribution >= 0.6 is 0 Å². The standard InChI is InChI=1S/C13H12F3NO3.C11H8F3NO3.Na.H2O/c1-2-20-13(19)10-8(5-17-12(10)18)7-3-6(14)4-9(15)11(7)16;12-4-1-5(9(14)7(13)2-4)6-3-15-10(16)8(6)11(17)18;;/h3-4,8,10H,2,5H2,1H3,(H,17,18);1-2,6,8H,3H2,(H,15,16)(H,17,18);;1H2/q;;+1;/p-1/t8-,10?;6-,8?;;/m00../s1. The molecule has 2 unspecified atom stereocenters. The zero-order chi connectivity index (χ0) is 28.3. The van der Waals surface area contributed by atoms with Crippen LogP contribution in [0.2, 0.25) is 0 Å². The van der Waals surface area contributed by atoms with Gasteiger partial charge < -0.3 is 26.0 Å². The fourth-order valence-corrected chi connectivity index (χ4v) is 4.30. The molecule has 2 saturated heterocycles. The maximum atomic E-state index is 13.8. The first kappa shape index (κ1) is 34.9. The van der Waals surface area contributed by atoms with Crippen molar-refractivity contribution in [2.24, 2.45) is 11.8 Å². The zero-order valence-electron chi connectivity index (χ0n) is 20.9. The molecule has 0 spiro atoms. The molecule has 2 aliphatic rings. The van der Waals surface area contributed by atoms with Crippen molar-refractivity contribution in [1.82, 2.24) is 10.6 Å². The van der Waals surface area contributed by atoms with Gasteiger partial charge >= 0.3 is 41.5 Å². The molecule has 4 atom stereocenters. The summed E-state index contributed by atoms with van der Waals surface area (Å²) in [7, 11) is 0. The number of carbonyl (C=O) groups excluding carboxylic acids is 3. The summed E-state index contributed by atoms with van der Waals surface area (Å²) in [6.45, 7) is 1.36. The second-order valence-corrected chi connectivity index (χ2v) is 8.33. The maximum Gasteiger partial charge on any atom is 1.00 e. The van der Waals surface area contributed by atoms with E-state index in [1.165, 1.54) is 0 Å². The molecule has 4 N–H and O–H groups in total. The van der Waals surface area contributed by atoms with Gasteiger partial charge in [0.15, 0.2) is 23.3 Å². The summed E-state index contributed by atoms with van der Waals surface area (Å²) >= 11 is 0. The fraction of sp³-hybridized carbons (Fsp3) is 0.333. The molecule has 0 bridgehead atoms. The van der Waals surface area contributed by atoms with Crippen molar-refractivity contribution in [1.29, 1.82) is 0 Å². The summed E-state index contributed by atoms with van der Waals surface area (Å²) in [5.41, 5.74) is -0.794. The van der Waals surface area contributed by atoms with Crippen LogP contribution in [-0.4, -0.2) is 54.0 Å². The van der Waals surface area contributed by atoms with E-state index in [0.717, 1.165) is 6.07 Å². The van der Waals surface area contributed by atoms with Gasteiger partial charge in [-0.15, -0.1) is 0 Å². The van der Waals surface area contributed by atoms with Crippen molar-refractivity contribution in [3.05, 3.63) is 70.3 Å². The van der Waals surface area contributed by atoms with Crippen LogP contribution in [0.1, 0.15) is 29.9 Å². The Balaban J connectivity index is 0.000000383. The van der Waals surface area contributed by atoms with Gasteiger partial charge in [-0.2, -0.15) is 0 Å². The van der Waals surface area contributed by atoms with Crippen molar-refractivity contribution in [2.45, 2.75) is 18.8 Å². The molecule has 0 saturated carbocycles. The molecule has 2 fully saturated rings. The predicted octanol–water partition coefficient (Wildman–Crippen LogP) is -0.658. The maximum absolute atomic E-state index is 13.8. The molecule has 2 heterocycles. The fourth-order valence-electron chi connectivity index (χ4n) is 4.30. The monoisotopic (exact) mass is 586 g/mol. The number of carboxylic acid groups (broad SMARTS) is 1. The molecular weight excluding hydrogens is 565 g/mol. The topological polar surface area (TPSA) is 152 Å². The van der Waals surface area contributed by atoms with E-state index in [1.54, 1.807) is 6.92 Å². The number of benzene rings is 2. The zero-order valence-corrected chi connectivity index (χ0v) is 22.9. The molecule has 0 radical (unpaired) electrons. The van der Waals surface area contributed by atoms with Crippen LogP contribution in [0.25, 0.3) is 0 Å². The third-order valence-corrected chi connectivity index (χ3v) is 6.01. The number of hydrogen-bond acceptors (Lipinski definition) is 6. The molecule has 2 aromatic carbocycles. The van der Waals surface area contributed by atoms with Gasteiger partial charge in [0.05, 0.1) is 6.61 Å². The second kappa shape index (κ2) is 14.5. The van der Waals surface area contributed by atoms with Crippen LogP contribution in [-0.2, 0) is 23.9 Å². The Hall–Kier alpha value is -3.14. The van der Waals surface area contributed by atoms with Gasteiger partial charge in [0.25, 0.3) is 0 Å². The predicted molar refractivity (Wildman–Crippen MR) is 117 cm³/mol. The Labute approximate surface area is 244 Å². The Bertz CT molecular complexity index is 1300. The van der Waals surface area contributed by atoms with Gasteiger partial charge in [-0.3, -0.25) is 19.2 Å². The number of esters is 1. The number of rotatable bonds is 5. The van der Waals surface area contributed by atoms with Crippen molar-refractivity contribution < 1.29 is 90.4 Å². The molecule has 2 aliphatic heterocycles. The van der Waals surface area contributed by atoms with Crippen LogP contribution < -0.4 is 40.2 Å². The Morgan fingerprint density at radius 2 is 1.23 bits per heavy atom. The van der Waals surface area contributed by atoms with E-state index in [-0.39, 0.29) is 60.3 Å². The number of halogens is 6. The Kier molecular flexibility index (Phi) is 12.6. The van der Waals surface area contributed by atoms with E-state index >= 15 is 0 Å². The number of aliphatic carboxylic acids is 1. The van der Waals surface area contributed by atoms with Crippen molar-refractivity contribution in [3.63, 3.8) is 0 Å². The summed E-state index contributed by atoms with van der Waals surface area (Å²) in [5, 5.41) is 13.5. The van der Waals surface area contributed by atoms with E-state index < -0.39 is 87.9 Å². The molecule has 9 nitrogen and oxygen atoms in total. The van der Waals surface area contributed by atoms with Gasteiger partial charge in [0, 0.05) is 48.2 Å². The number of nitrogens with one attached hydrogen (secondary N) is 2. The third kappa shape index (κ3) is 7.33. The number of carboxylic acids is 1. The first-order chi connectivity index (χ1) is 17.9. The molecule has 0 aliphatic carbocycles. The normalized spacial score (nSPS) is 21.2. The minimum absolute atomic E-state index is 0. The minimum Gasteiger partial charge on any atom is -0.870 e. The summed E-state index contributed by atoms with van der Waals surface area (Å²) in [4.78, 5) is 45.5. The number of hydrogen-bond donors (Lipinski definition) is 3. The molecule has 0 aromatic heterocycles. The van der Waals surface area contributed by atoms with Crippen LogP contribution in [0.5, 0.6) is 0 Å². The first-order valence-corrected chi connectivity index (χ1v) is 11.1. The van der Waals surface area contributed by atoms with Gasteiger partial charge in [-0.25, -0.2) is 26.3 Å². The molecule has 4 rings (SSSR count). The third-order valence-electron chi connectivity index (χ3n) is 6.01. The summed E-state index contributed by atoms with van der Waals surface area (Å²) in [6.07, 6.45) is 0. The smallest absolute Gasteiger partial charge is 0.870 e. The summed E-state index contributed by atoms with van der Waals surface area (Å²) in [6, 6.07) is 2.26. The van der Waals surface area contributed by atoms with E-state index in [9.17, 15) is 45.5 Å². The number of ether oxygens (including phenoxy) is 1. The molecule has 40 heavy (non-hydrogen) atoms. The van der Waals surface area contributed by atoms with Crippen LogP contribution in [0.4, 0.5) is 26.3 Å². The first-order valence-electron chi connectivity index (χ1n) is 11.1. The molecule has 212 valence electrons. The average molecular weight is 586 g/mol. The number of carbonyl (C=O) groups is 4. The summed E-state index contributed by atoms with van der Waals surface area (Å²) in [5.74, 6) is -16.0. The van der Waals surface area contributed by atoms with Crippen molar-refractivity contribution in [3.8, 4) is 0 Å². The van der Waals surface area contributed by atoms with E-state index in [0.29, 0.717) is 18.2 Å². The molecule has 16 heteroatoms. The largest absolute Gasteiger partial charge is 1.00 e. The van der Waals surface area contributed by atoms with Crippen LogP contribution in [0, 0.1) is 46.7 Å². The quantitative estimate of drug-likeness (QED) is 0.138. The Morgan fingerprint density at radius 1 is 0.825 bits per heavy atom. The van der Waals surface area contributed by atoms with Gasteiger partial charge in [-0.05, 0) is 19.1 Å². The van der Waals surface area contributed by atoms with Crippen molar-refractivity contribution >= 4 is 23.8 Å². The number of amides is 2. The molecule has 2 amide bonds. The van der Waals surface area contributed by atoms with Crippen LogP contribution in [0.15, 0.2) is 24.3 Å². The molecular formula is C24H21F6N2NaO7. The second-order valence-electron chi connectivity index (χ2n) is 8.33. The van der Waals surface area contributed by atoms with Gasteiger partial charge in [-0.1, -0.05) is 0 Å². The summed E-state index contributed by atoms with van der Waals surface area (Å²) < 4.78 is 84.5. The van der Waals surface area contributed by atoms with Gasteiger partial charge in [0.2, 0.25) is 11.8 Å². The Morgan fingerprint density at radius 3 is 1.62 bits per heavy atom. The van der Waals surface area contributed by atoms with Crippen LogP contribution in [0.3, 0.4) is 0 Å². The van der Waals surface area contributed by atoms with Gasteiger partial charge in [0.1, 0.15) is 23.5 Å². The minimum atomic E-state index is -1.54. The molecule has 2 aromatic rings. The van der Waals surface area contributed by atoms with E-state index in [1.807, 2.05) is 0 Å². The van der Waals surface area contributed by atoms with E-state index in [2.05, 4.69) is 10.6 Å².